The summed E-state index contributed by atoms with van der Waals surface area (Å²) in [6, 6.07) is 11.5. The van der Waals surface area contributed by atoms with Gasteiger partial charge in [0.15, 0.2) is 17.3 Å². The maximum absolute atomic E-state index is 14.8. The van der Waals surface area contributed by atoms with Gasteiger partial charge in [-0.2, -0.15) is 0 Å². The molecule has 4 aromatic heterocycles. The number of rotatable bonds is 12. The van der Waals surface area contributed by atoms with Gasteiger partial charge in [0.2, 0.25) is 11.7 Å². The van der Waals surface area contributed by atoms with E-state index in [-0.39, 0.29) is 24.0 Å². The zero-order valence-electron chi connectivity index (χ0n) is 25.6. The summed E-state index contributed by atoms with van der Waals surface area (Å²) in [7, 11) is 5.55. The Morgan fingerprint density at radius 1 is 1.15 bits per heavy atom. The van der Waals surface area contributed by atoms with E-state index in [1.165, 1.54) is 30.7 Å². The summed E-state index contributed by atoms with van der Waals surface area (Å²) < 4.78 is 22.4. The molecular weight excluding hydrogens is 595 g/mol. The first-order valence-electron chi connectivity index (χ1n) is 14.2. The van der Waals surface area contributed by atoms with Gasteiger partial charge in [-0.05, 0) is 46.3 Å². The van der Waals surface area contributed by atoms with Crippen molar-refractivity contribution in [2.45, 2.75) is 20.1 Å². The first-order valence-corrected chi connectivity index (χ1v) is 14.2. The minimum atomic E-state index is -0.559. The van der Waals surface area contributed by atoms with Crippen molar-refractivity contribution in [1.82, 2.24) is 29.5 Å². The van der Waals surface area contributed by atoms with Crippen LogP contribution in [0, 0.1) is 22.9 Å². The molecule has 0 spiro atoms. The molecule has 0 saturated heterocycles. The first kappa shape index (κ1) is 31.6. The van der Waals surface area contributed by atoms with E-state index in [2.05, 4.69) is 35.6 Å². The number of carbonyl (C=O) groups is 1. The molecular formula is C31H32FN10O4+. The van der Waals surface area contributed by atoms with Crippen LogP contribution in [0.25, 0.3) is 10.9 Å². The average Bonchev–Trinajstić information content (AvgIpc) is 3.29. The second kappa shape index (κ2) is 13.4. The van der Waals surface area contributed by atoms with Gasteiger partial charge in [-0.15, -0.1) is 0 Å². The van der Waals surface area contributed by atoms with Gasteiger partial charge in [-0.1, -0.05) is 6.07 Å². The molecule has 2 N–H and O–H groups in total. The van der Waals surface area contributed by atoms with E-state index in [9.17, 15) is 19.3 Å². The number of pyridine rings is 2. The lowest BCUT2D eigenvalue weighted by molar-refractivity contribution is -0.898. The molecule has 1 amide bonds. The lowest BCUT2D eigenvalue weighted by atomic mass is 10.2. The highest BCUT2D eigenvalue weighted by Gasteiger charge is 2.29. The molecule has 5 aromatic rings. The number of carbonyl (C=O) groups excluding carboxylic acids is 1. The number of ether oxygens (including phenoxy) is 1. The molecule has 0 saturated carbocycles. The van der Waals surface area contributed by atoms with Crippen molar-refractivity contribution in [2.75, 3.05) is 31.3 Å². The van der Waals surface area contributed by atoms with Crippen LogP contribution in [0.2, 0.25) is 0 Å². The fraction of sp³-hybridized carbons (Fsp3) is 0.226. The van der Waals surface area contributed by atoms with Crippen LogP contribution >= 0.6 is 0 Å². The van der Waals surface area contributed by atoms with Crippen molar-refractivity contribution >= 4 is 40.0 Å². The van der Waals surface area contributed by atoms with Crippen LogP contribution in [-0.4, -0.2) is 65.4 Å². The third kappa shape index (κ3) is 7.62. The van der Waals surface area contributed by atoms with Gasteiger partial charge in [0.25, 0.3) is 0 Å². The van der Waals surface area contributed by atoms with Crippen LogP contribution in [-0.2, 0) is 25.0 Å². The minimum Gasteiger partial charge on any atom is -0.484 e. The van der Waals surface area contributed by atoms with Crippen molar-refractivity contribution in [3.05, 3.63) is 106 Å². The number of anilines is 3. The summed E-state index contributed by atoms with van der Waals surface area (Å²) in [5.74, 6) is 0.149. The topological polar surface area (TPSA) is 163 Å². The molecule has 0 aliphatic heterocycles. The SMILES string of the molecule is Cc1nc([N+](=O)[O-])c(C[N+](C)(C)C/C=C/C(=O)Nc2cc3c(Nc4ccc(OCc5ccccn5)c(F)c4)ncnc3cn2)n1C. The number of hydrogen-bond donors (Lipinski definition) is 2. The van der Waals surface area contributed by atoms with E-state index in [4.69, 9.17) is 4.74 Å². The molecule has 15 heteroatoms. The predicted octanol–water partition coefficient (Wildman–Crippen LogP) is 4.60. The molecule has 236 valence electrons. The molecule has 1 aromatic carbocycles. The van der Waals surface area contributed by atoms with E-state index in [0.29, 0.717) is 57.2 Å². The number of aromatic nitrogens is 6. The molecule has 5 rings (SSSR count). The Morgan fingerprint density at radius 2 is 1.98 bits per heavy atom. The highest BCUT2D eigenvalue weighted by atomic mass is 19.1. The van der Waals surface area contributed by atoms with Crippen LogP contribution in [0.4, 0.5) is 27.5 Å². The standard InChI is InChI=1S/C31H31FN10O4/c1-20-37-31(41(44)45)26(40(20)2)17-42(3,4)13-7-9-29(43)39-28-15-23-25(16-34-28)35-19-36-30(23)38-21-10-11-27(24(32)14-21)46-18-22-8-5-6-12-33-22/h5-12,14-16,19H,13,17-18H2,1-4H3,(H-,34,35,36,38,39,43)/p+1/b9-7+. The summed E-state index contributed by atoms with van der Waals surface area (Å²) in [6.45, 7) is 2.60. The molecule has 0 aliphatic rings. The number of hydrogen-bond acceptors (Lipinski definition) is 10. The Labute approximate surface area is 263 Å². The lowest BCUT2D eigenvalue weighted by Crippen LogP contribution is -2.39. The zero-order chi connectivity index (χ0) is 32.8. The Kier molecular flexibility index (Phi) is 9.23. The van der Waals surface area contributed by atoms with Crippen molar-refractivity contribution in [2.24, 2.45) is 7.05 Å². The van der Waals surface area contributed by atoms with Crippen LogP contribution < -0.4 is 15.4 Å². The number of likely N-dealkylation sites (N-methyl/N-ethyl adjacent to an activating group) is 1. The summed E-state index contributed by atoms with van der Waals surface area (Å²) >= 11 is 0. The zero-order valence-corrected chi connectivity index (χ0v) is 25.6. The quantitative estimate of drug-likeness (QED) is 0.0865. The number of nitro groups is 1. The monoisotopic (exact) mass is 627 g/mol. The van der Waals surface area contributed by atoms with E-state index >= 15 is 0 Å². The average molecular weight is 628 g/mol. The number of nitrogens with one attached hydrogen (secondary N) is 2. The Hall–Kier alpha value is -5.83. The largest absolute Gasteiger partial charge is 0.484 e. The number of fused-ring (bicyclic) bond motifs is 1. The molecule has 0 atom stereocenters. The smallest absolute Gasteiger partial charge is 0.391 e. The Morgan fingerprint density at radius 3 is 2.72 bits per heavy atom. The summed E-state index contributed by atoms with van der Waals surface area (Å²) in [5.41, 5.74) is 2.13. The second-order valence-electron chi connectivity index (χ2n) is 11.1. The van der Waals surface area contributed by atoms with Gasteiger partial charge in [-0.25, -0.2) is 19.3 Å². The fourth-order valence-corrected chi connectivity index (χ4v) is 4.64. The molecule has 14 nitrogen and oxygen atoms in total. The molecule has 0 bridgehead atoms. The maximum atomic E-state index is 14.8. The van der Waals surface area contributed by atoms with Crippen molar-refractivity contribution < 1.29 is 23.3 Å². The van der Waals surface area contributed by atoms with Gasteiger partial charge < -0.3 is 34.5 Å². The van der Waals surface area contributed by atoms with Crippen LogP contribution in [0.1, 0.15) is 17.2 Å². The minimum absolute atomic E-state index is 0.0848. The van der Waals surface area contributed by atoms with Gasteiger partial charge in [0.05, 0.1) is 38.0 Å². The maximum Gasteiger partial charge on any atom is 0.391 e. The third-order valence-corrected chi connectivity index (χ3v) is 7.11. The number of benzene rings is 1. The molecule has 0 fully saturated rings. The van der Waals surface area contributed by atoms with E-state index in [1.54, 1.807) is 55.1 Å². The summed E-state index contributed by atoms with van der Waals surface area (Å²) in [6.07, 6.45) is 7.58. The number of aryl methyl sites for hydroxylation is 1. The second-order valence-corrected chi connectivity index (χ2v) is 11.1. The van der Waals surface area contributed by atoms with E-state index < -0.39 is 16.6 Å². The highest BCUT2D eigenvalue weighted by molar-refractivity contribution is 6.00. The number of imidazole rings is 1. The molecule has 4 heterocycles. The van der Waals surface area contributed by atoms with Crippen LogP contribution in [0.3, 0.4) is 0 Å². The predicted molar refractivity (Wildman–Crippen MR) is 169 cm³/mol. The summed E-state index contributed by atoms with van der Waals surface area (Å²) in [5, 5.41) is 17.8. The summed E-state index contributed by atoms with van der Waals surface area (Å²) in [4.78, 5) is 44.7. The molecule has 0 radical (unpaired) electrons. The normalized spacial score (nSPS) is 11.6. The number of halogens is 1. The number of quaternary nitrogens is 1. The van der Waals surface area contributed by atoms with Crippen LogP contribution in [0.5, 0.6) is 5.75 Å². The number of amides is 1. The molecule has 0 aliphatic carbocycles. The fourth-order valence-electron chi connectivity index (χ4n) is 4.64. The number of nitrogens with zero attached hydrogens (tertiary/aromatic N) is 8. The van der Waals surface area contributed by atoms with E-state index in [1.807, 2.05) is 20.2 Å². The molecule has 0 unspecified atom stereocenters. The van der Waals surface area contributed by atoms with Crippen LogP contribution in [0.15, 0.2) is 73.3 Å². The first-order chi connectivity index (χ1) is 22.0. The molecule has 46 heavy (non-hydrogen) atoms. The van der Waals surface area contributed by atoms with E-state index in [0.717, 1.165) is 0 Å². The van der Waals surface area contributed by atoms with Crippen molar-refractivity contribution in [3.8, 4) is 5.75 Å². The lowest BCUT2D eigenvalue weighted by Gasteiger charge is -2.28. The van der Waals surface area contributed by atoms with Gasteiger partial charge in [-0.3, -0.25) is 9.78 Å². The van der Waals surface area contributed by atoms with Gasteiger partial charge in [0.1, 0.15) is 31.1 Å². The Balaban J connectivity index is 1.23. The van der Waals surface area contributed by atoms with Gasteiger partial charge >= 0.3 is 5.82 Å². The van der Waals surface area contributed by atoms with Crippen molar-refractivity contribution in [1.29, 1.82) is 0 Å². The van der Waals surface area contributed by atoms with Gasteiger partial charge in [0, 0.05) is 43.4 Å². The third-order valence-electron chi connectivity index (χ3n) is 7.11. The highest BCUT2D eigenvalue weighted by Crippen LogP contribution is 2.28. The Bertz CT molecular complexity index is 1930. The van der Waals surface area contributed by atoms with Crippen molar-refractivity contribution in [3.63, 3.8) is 0 Å².